The summed E-state index contributed by atoms with van der Waals surface area (Å²) in [5.41, 5.74) is 0.631. The van der Waals surface area contributed by atoms with E-state index in [-0.39, 0.29) is 10.8 Å². The van der Waals surface area contributed by atoms with Crippen LogP contribution in [0.15, 0.2) is 15.7 Å². The van der Waals surface area contributed by atoms with Crippen LogP contribution in [0.5, 0.6) is 0 Å². The molecule has 1 N–H and O–H groups in total. The number of Topliss-reactive ketones (excluding diaryl/α,β-unsaturated/α-hetero) is 1. The van der Waals surface area contributed by atoms with Crippen molar-refractivity contribution in [2.75, 3.05) is 27.2 Å². The molecule has 1 aliphatic heterocycles. The van der Waals surface area contributed by atoms with Crippen molar-refractivity contribution in [3.05, 3.63) is 10.7 Å². The molecular weight excluding hydrogens is 250 g/mol. The molecule has 1 unspecified atom stereocenters. The van der Waals surface area contributed by atoms with Gasteiger partial charge in [-0.25, -0.2) is 0 Å². The average molecular weight is 272 g/mol. The summed E-state index contributed by atoms with van der Waals surface area (Å²) in [5.74, 6) is -0.138. The number of likely N-dealkylation sites (N-methyl/N-ethyl adjacent to an activating group) is 1. The van der Waals surface area contributed by atoms with E-state index in [9.17, 15) is 4.79 Å². The number of nitrogens with zero attached hydrogens (tertiary/aromatic N) is 2. The molecule has 0 aromatic heterocycles. The maximum Gasteiger partial charge on any atom is 0.173 e. The average Bonchev–Trinajstić information content (AvgIpc) is 2.52. The first-order valence-corrected chi connectivity index (χ1v) is 6.70. The minimum Gasteiger partial charge on any atom is -0.378 e. The molecule has 102 valence electrons. The second kappa shape index (κ2) is 7.54. The van der Waals surface area contributed by atoms with Crippen molar-refractivity contribution in [2.24, 2.45) is 4.99 Å². The second-order valence-corrected chi connectivity index (χ2v) is 5.15. The van der Waals surface area contributed by atoms with E-state index in [1.807, 2.05) is 0 Å². The van der Waals surface area contributed by atoms with Gasteiger partial charge in [-0.3, -0.25) is 9.79 Å². The molecule has 18 heavy (non-hydrogen) atoms. The molecule has 1 saturated heterocycles. The second-order valence-electron chi connectivity index (χ2n) is 4.77. The number of nitrogens with one attached hydrogen (secondary N) is 1. The van der Waals surface area contributed by atoms with E-state index in [0.717, 1.165) is 19.5 Å². The van der Waals surface area contributed by atoms with Crippen LogP contribution in [-0.2, 0) is 4.79 Å². The number of aliphatic imine (C=N–C) groups is 1. The van der Waals surface area contributed by atoms with Crippen LogP contribution in [0.4, 0.5) is 0 Å². The summed E-state index contributed by atoms with van der Waals surface area (Å²) in [6.45, 7) is 3.55. The Morgan fingerprint density at radius 2 is 2.22 bits per heavy atom. The molecule has 0 bridgehead atoms. The van der Waals surface area contributed by atoms with Crippen molar-refractivity contribution in [1.29, 1.82) is 0 Å². The van der Waals surface area contributed by atoms with Crippen molar-refractivity contribution in [2.45, 2.75) is 32.2 Å². The van der Waals surface area contributed by atoms with Gasteiger partial charge in [-0.15, -0.1) is 0 Å². The third kappa shape index (κ3) is 4.78. The highest BCUT2D eigenvalue weighted by molar-refractivity contribution is 6.43. The van der Waals surface area contributed by atoms with Crippen LogP contribution in [0.2, 0.25) is 0 Å². The van der Waals surface area contributed by atoms with Crippen LogP contribution in [0.3, 0.4) is 0 Å². The van der Waals surface area contributed by atoms with Crippen molar-refractivity contribution >= 4 is 23.6 Å². The Balaban J connectivity index is 2.77. The Labute approximate surface area is 114 Å². The number of hydrogen-bond acceptors (Lipinski definition) is 4. The normalized spacial score (nSPS) is 23.7. The smallest absolute Gasteiger partial charge is 0.173 e. The first kappa shape index (κ1) is 15.2. The first-order valence-electron chi connectivity index (χ1n) is 6.32. The molecule has 0 aromatic rings. The van der Waals surface area contributed by atoms with Gasteiger partial charge in [0, 0.05) is 32.8 Å². The molecule has 1 aliphatic rings. The van der Waals surface area contributed by atoms with Gasteiger partial charge in [-0.2, -0.15) is 0 Å². The fourth-order valence-corrected chi connectivity index (χ4v) is 2.25. The first-order chi connectivity index (χ1) is 8.54. The molecule has 1 heterocycles. The number of allylic oxidation sites excluding steroid dienone is 2. The number of carbonyl (C=O) groups excluding carboxylic acids is 1. The molecule has 5 heteroatoms. The van der Waals surface area contributed by atoms with E-state index in [1.165, 1.54) is 19.8 Å². The molecule has 1 atom stereocenters. The summed E-state index contributed by atoms with van der Waals surface area (Å²) in [5, 5.41) is 3.57. The maximum absolute atomic E-state index is 11.3. The summed E-state index contributed by atoms with van der Waals surface area (Å²) in [4.78, 5) is 17.6. The Morgan fingerprint density at radius 1 is 1.50 bits per heavy atom. The summed E-state index contributed by atoms with van der Waals surface area (Å²) in [7, 11) is 3.79. The van der Waals surface area contributed by atoms with Gasteiger partial charge in [0.1, 0.15) is 5.03 Å². The van der Waals surface area contributed by atoms with E-state index in [0.29, 0.717) is 11.7 Å². The van der Waals surface area contributed by atoms with Crippen LogP contribution >= 0.6 is 11.6 Å². The van der Waals surface area contributed by atoms with Crippen molar-refractivity contribution in [3.63, 3.8) is 0 Å². The molecule has 0 spiro atoms. The van der Waals surface area contributed by atoms with Crippen LogP contribution < -0.4 is 5.32 Å². The number of likely N-dealkylation sites (tertiary alicyclic amines) is 1. The largest absolute Gasteiger partial charge is 0.378 e. The molecule has 0 saturated carbocycles. The molecule has 0 radical (unpaired) electrons. The zero-order valence-electron chi connectivity index (χ0n) is 11.4. The fourth-order valence-electron chi connectivity index (χ4n) is 2.15. The van der Waals surface area contributed by atoms with E-state index >= 15 is 0 Å². The zero-order valence-corrected chi connectivity index (χ0v) is 12.1. The molecule has 0 aliphatic carbocycles. The number of halogens is 1. The Hall–Kier alpha value is -0.870. The highest BCUT2D eigenvalue weighted by Gasteiger charge is 2.17. The molecule has 1 rings (SSSR count). The monoisotopic (exact) mass is 271 g/mol. The van der Waals surface area contributed by atoms with Gasteiger partial charge in [0.25, 0.3) is 0 Å². The fraction of sp³-hybridized carbons (Fsp3) is 0.692. The third-order valence-electron chi connectivity index (χ3n) is 3.04. The zero-order chi connectivity index (χ0) is 13.5. The maximum atomic E-state index is 11.3. The van der Waals surface area contributed by atoms with Crippen molar-refractivity contribution in [1.82, 2.24) is 10.2 Å². The number of carbonyl (C=O) groups is 1. The lowest BCUT2D eigenvalue weighted by Gasteiger charge is -2.22. The summed E-state index contributed by atoms with van der Waals surface area (Å²) < 4.78 is 0. The quantitative estimate of drug-likeness (QED) is 0.626. The lowest BCUT2D eigenvalue weighted by Crippen LogP contribution is -2.38. The van der Waals surface area contributed by atoms with Crippen LogP contribution in [0.1, 0.15) is 26.2 Å². The number of rotatable bonds is 4. The molecule has 0 aromatic carbocycles. The standard InChI is InChI=1S/C13H22ClN3O/c1-10(18)13(14)12(8-15-2)16-11-6-4-5-7-17(3)9-11/h8,11,16H,4-7,9H2,1-3H3/b13-12-,15-8?. The molecule has 4 nitrogen and oxygen atoms in total. The Bertz CT molecular complexity index is 352. The Morgan fingerprint density at radius 3 is 2.83 bits per heavy atom. The summed E-state index contributed by atoms with van der Waals surface area (Å²) in [6.07, 6.45) is 5.12. The number of hydrogen-bond donors (Lipinski definition) is 1. The molecule has 1 fully saturated rings. The van der Waals surface area contributed by atoms with E-state index in [4.69, 9.17) is 11.6 Å². The van der Waals surface area contributed by atoms with Gasteiger partial charge in [-0.1, -0.05) is 18.0 Å². The van der Waals surface area contributed by atoms with Gasteiger partial charge in [-0.05, 0) is 26.4 Å². The number of ketones is 1. The third-order valence-corrected chi connectivity index (χ3v) is 3.51. The SMILES string of the molecule is CN=C/C(NC1CCCCN(C)C1)=C(/Cl)C(C)=O. The van der Waals surface area contributed by atoms with Gasteiger partial charge >= 0.3 is 0 Å². The van der Waals surface area contributed by atoms with Gasteiger partial charge in [0.2, 0.25) is 0 Å². The van der Waals surface area contributed by atoms with Crippen LogP contribution in [-0.4, -0.2) is 50.1 Å². The lowest BCUT2D eigenvalue weighted by molar-refractivity contribution is -0.113. The van der Waals surface area contributed by atoms with E-state index in [1.54, 1.807) is 13.3 Å². The lowest BCUT2D eigenvalue weighted by atomic mass is 10.1. The van der Waals surface area contributed by atoms with E-state index in [2.05, 4.69) is 22.3 Å². The summed E-state index contributed by atoms with van der Waals surface area (Å²) >= 11 is 6.02. The molecular formula is C13H22ClN3O. The topological polar surface area (TPSA) is 44.7 Å². The minimum atomic E-state index is -0.138. The van der Waals surface area contributed by atoms with Gasteiger partial charge in [0.15, 0.2) is 5.78 Å². The van der Waals surface area contributed by atoms with Gasteiger partial charge < -0.3 is 10.2 Å². The minimum absolute atomic E-state index is 0.138. The van der Waals surface area contributed by atoms with Crippen molar-refractivity contribution < 1.29 is 4.79 Å². The van der Waals surface area contributed by atoms with E-state index < -0.39 is 0 Å². The predicted octanol–water partition coefficient (Wildman–Crippen LogP) is 1.80. The van der Waals surface area contributed by atoms with Crippen molar-refractivity contribution in [3.8, 4) is 0 Å². The Kier molecular flexibility index (Phi) is 6.36. The predicted molar refractivity (Wildman–Crippen MR) is 76.2 cm³/mol. The molecule has 0 amide bonds. The van der Waals surface area contributed by atoms with Crippen LogP contribution in [0.25, 0.3) is 0 Å². The van der Waals surface area contributed by atoms with Gasteiger partial charge in [0.05, 0.1) is 5.70 Å². The highest BCUT2D eigenvalue weighted by Crippen LogP contribution is 2.13. The highest BCUT2D eigenvalue weighted by atomic mass is 35.5. The summed E-state index contributed by atoms with van der Waals surface area (Å²) in [6, 6.07) is 0.318. The van der Waals surface area contributed by atoms with Crippen LogP contribution in [0, 0.1) is 0 Å².